The highest BCUT2D eigenvalue weighted by Gasteiger charge is 2.21. The number of pyridine rings is 1. The average molecular weight is 371 g/mol. The third-order valence-corrected chi connectivity index (χ3v) is 5.13. The lowest BCUT2D eigenvalue weighted by atomic mass is 10.4. The van der Waals surface area contributed by atoms with Gasteiger partial charge in [0.25, 0.3) is 10.0 Å². The second kappa shape index (κ2) is 5.78. The zero-order valence-corrected chi connectivity index (χ0v) is 13.5. The molecule has 0 amide bonds. The van der Waals surface area contributed by atoms with Gasteiger partial charge in [0, 0.05) is 30.7 Å². The number of H-pyrrole nitrogens is 1. The fraction of sp³-hybridized carbons (Fsp3) is 0.308. The molecule has 0 unspecified atom stereocenters. The van der Waals surface area contributed by atoms with Crippen molar-refractivity contribution in [3.05, 3.63) is 40.8 Å². The lowest BCUT2D eigenvalue weighted by molar-refractivity contribution is 0.601. The molecule has 0 radical (unpaired) electrons. The Morgan fingerprint density at radius 3 is 2.95 bits per heavy atom. The number of anilines is 1. The van der Waals surface area contributed by atoms with Gasteiger partial charge < -0.3 is 10.3 Å². The summed E-state index contributed by atoms with van der Waals surface area (Å²) in [6.45, 7) is 0.646. The van der Waals surface area contributed by atoms with E-state index in [0.717, 1.165) is 5.69 Å². The van der Waals surface area contributed by atoms with Gasteiger partial charge in [-0.1, -0.05) is 0 Å². The van der Waals surface area contributed by atoms with Crippen molar-refractivity contribution in [1.29, 1.82) is 0 Å². The van der Waals surface area contributed by atoms with E-state index in [2.05, 4.69) is 35.9 Å². The quantitative estimate of drug-likeness (QED) is 0.727. The summed E-state index contributed by atoms with van der Waals surface area (Å²) in [5.41, 5.74) is 0.849. The van der Waals surface area contributed by atoms with E-state index < -0.39 is 10.0 Å². The number of nitrogens with one attached hydrogen (secondary N) is 3. The number of aromatic nitrogens is 2. The van der Waals surface area contributed by atoms with Crippen molar-refractivity contribution < 1.29 is 8.42 Å². The van der Waals surface area contributed by atoms with Crippen LogP contribution in [-0.4, -0.2) is 24.4 Å². The lowest BCUT2D eigenvalue weighted by Crippen LogP contribution is -2.15. The van der Waals surface area contributed by atoms with Gasteiger partial charge in [0.1, 0.15) is 4.90 Å². The number of nitrogens with zero attached hydrogens (tertiary/aromatic N) is 1. The van der Waals surface area contributed by atoms with Crippen LogP contribution < -0.4 is 10.0 Å². The Hall–Kier alpha value is -1.38. The van der Waals surface area contributed by atoms with Crippen LogP contribution in [0.4, 0.5) is 5.82 Å². The van der Waals surface area contributed by atoms with Crippen molar-refractivity contribution in [2.24, 2.45) is 0 Å². The van der Waals surface area contributed by atoms with E-state index in [0.29, 0.717) is 17.1 Å². The molecule has 3 N–H and O–H groups in total. The SMILES string of the molecule is O=S(=O)(Nc1ncccc1Br)c1c[nH]c(CNC2CC2)c1. The van der Waals surface area contributed by atoms with Gasteiger partial charge in [-0.3, -0.25) is 4.72 Å². The van der Waals surface area contributed by atoms with Gasteiger partial charge >= 0.3 is 0 Å². The van der Waals surface area contributed by atoms with E-state index >= 15 is 0 Å². The van der Waals surface area contributed by atoms with E-state index in [1.807, 2.05) is 0 Å². The fourth-order valence-electron chi connectivity index (χ4n) is 1.86. The molecule has 1 aliphatic carbocycles. The summed E-state index contributed by atoms with van der Waals surface area (Å²) in [6, 6.07) is 5.66. The number of halogens is 1. The van der Waals surface area contributed by atoms with Gasteiger partial charge in [-0.25, -0.2) is 13.4 Å². The number of hydrogen-bond donors (Lipinski definition) is 3. The molecular weight excluding hydrogens is 356 g/mol. The maximum absolute atomic E-state index is 12.3. The first-order chi connectivity index (χ1) is 10.0. The molecule has 0 aromatic carbocycles. The zero-order valence-electron chi connectivity index (χ0n) is 11.1. The standard InChI is InChI=1S/C13H15BrN4O2S/c14-12-2-1-5-15-13(12)18-21(19,20)11-6-10(17-8-11)7-16-9-3-4-9/h1-2,5-6,8-9,16-17H,3-4,7H2,(H,15,18). The van der Waals surface area contributed by atoms with Crippen LogP contribution in [0.15, 0.2) is 40.0 Å². The summed E-state index contributed by atoms with van der Waals surface area (Å²) in [4.78, 5) is 7.19. The zero-order chi connectivity index (χ0) is 14.9. The third kappa shape index (κ3) is 3.63. The van der Waals surface area contributed by atoms with Crippen molar-refractivity contribution in [3.8, 4) is 0 Å². The van der Waals surface area contributed by atoms with Gasteiger partial charge in [0.2, 0.25) is 0 Å². The summed E-state index contributed by atoms with van der Waals surface area (Å²) >= 11 is 3.27. The van der Waals surface area contributed by atoms with Crippen LogP contribution in [-0.2, 0) is 16.6 Å². The first kappa shape index (κ1) is 14.6. The van der Waals surface area contributed by atoms with E-state index in [1.165, 1.54) is 25.2 Å². The predicted octanol–water partition coefficient (Wildman–Crippen LogP) is 2.22. The van der Waals surface area contributed by atoms with E-state index in [-0.39, 0.29) is 10.7 Å². The molecule has 6 nitrogen and oxygen atoms in total. The second-order valence-electron chi connectivity index (χ2n) is 4.96. The molecule has 1 fully saturated rings. The van der Waals surface area contributed by atoms with Crippen molar-refractivity contribution in [2.45, 2.75) is 30.3 Å². The van der Waals surface area contributed by atoms with Gasteiger partial charge in [0.15, 0.2) is 5.82 Å². The highest BCUT2D eigenvalue weighted by molar-refractivity contribution is 9.10. The Morgan fingerprint density at radius 1 is 1.43 bits per heavy atom. The molecule has 0 saturated heterocycles. The predicted molar refractivity (Wildman–Crippen MR) is 83.4 cm³/mol. The molecular formula is C13H15BrN4O2S. The number of aromatic amines is 1. The maximum Gasteiger partial charge on any atom is 0.264 e. The molecule has 0 atom stereocenters. The minimum atomic E-state index is -3.64. The molecule has 0 bridgehead atoms. The second-order valence-corrected chi connectivity index (χ2v) is 7.49. The van der Waals surface area contributed by atoms with Crippen LogP contribution in [0.5, 0.6) is 0 Å². The van der Waals surface area contributed by atoms with Gasteiger partial charge in [-0.2, -0.15) is 0 Å². The normalized spacial score (nSPS) is 15.1. The van der Waals surface area contributed by atoms with Crippen LogP contribution in [0.2, 0.25) is 0 Å². The molecule has 8 heteroatoms. The molecule has 112 valence electrons. The van der Waals surface area contributed by atoms with Crippen molar-refractivity contribution in [3.63, 3.8) is 0 Å². The van der Waals surface area contributed by atoms with Crippen molar-refractivity contribution >= 4 is 31.8 Å². The molecule has 2 aromatic rings. The van der Waals surface area contributed by atoms with Crippen molar-refractivity contribution in [1.82, 2.24) is 15.3 Å². The summed E-state index contributed by atoms with van der Waals surface area (Å²) in [6.07, 6.45) is 5.41. The minimum Gasteiger partial charge on any atom is -0.363 e. The van der Waals surface area contributed by atoms with Crippen LogP contribution in [0.1, 0.15) is 18.5 Å². The van der Waals surface area contributed by atoms with E-state index in [4.69, 9.17) is 0 Å². The van der Waals surface area contributed by atoms with E-state index in [9.17, 15) is 8.42 Å². The molecule has 0 aliphatic heterocycles. The molecule has 21 heavy (non-hydrogen) atoms. The number of sulfonamides is 1. The molecule has 2 aromatic heterocycles. The summed E-state index contributed by atoms with van der Waals surface area (Å²) < 4.78 is 27.7. The smallest absolute Gasteiger partial charge is 0.264 e. The Labute approximate surface area is 131 Å². The highest BCUT2D eigenvalue weighted by Crippen LogP contribution is 2.23. The number of rotatable bonds is 6. The third-order valence-electron chi connectivity index (χ3n) is 3.17. The Balaban J connectivity index is 1.73. The summed E-state index contributed by atoms with van der Waals surface area (Å²) in [5.74, 6) is 0.274. The fourth-order valence-corrected chi connectivity index (χ4v) is 3.40. The average Bonchev–Trinajstić information content (AvgIpc) is 3.15. The van der Waals surface area contributed by atoms with Crippen LogP contribution in [0.25, 0.3) is 0 Å². The van der Waals surface area contributed by atoms with Crippen LogP contribution in [0, 0.1) is 0 Å². The summed E-state index contributed by atoms with van der Waals surface area (Å²) in [5, 5.41) is 3.33. The first-order valence-electron chi connectivity index (χ1n) is 6.58. The van der Waals surface area contributed by atoms with Gasteiger partial charge in [-0.15, -0.1) is 0 Å². The molecule has 0 spiro atoms. The largest absolute Gasteiger partial charge is 0.363 e. The van der Waals surface area contributed by atoms with Gasteiger partial charge in [0.05, 0.1) is 4.47 Å². The lowest BCUT2D eigenvalue weighted by Gasteiger charge is -2.06. The Kier molecular flexibility index (Phi) is 4.01. The Bertz CT molecular complexity index is 740. The highest BCUT2D eigenvalue weighted by atomic mass is 79.9. The maximum atomic E-state index is 12.3. The van der Waals surface area contributed by atoms with Crippen molar-refractivity contribution in [2.75, 3.05) is 4.72 Å². The monoisotopic (exact) mass is 370 g/mol. The first-order valence-corrected chi connectivity index (χ1v) is 8.86. The molecule has 1 aliphatic rings. The van der Waals surface area contributed by atoms with Crippen LogP contribution >= 0.6 is 15.9 Å². The van der Waals surface area contributed by atoms with Crippen LogP contribution in [0.3, 0.4) is 0 Å². The minimum absolute atomic E-state index is 0.202. The Morgan fingerprint density at radius 2 is 2.24 bits per heavy atom. The topological polar surface area (TPSA) is 86.9 Å². The van der Waals surface area contributed by atoms with E-state index in [1.54, 1.807) is 18.2 Å². The number of hydrogen-bond acceptors (Lipinski definition) is 4. The summed E-state index contributed by atoms with van der Waals surface area (Å²) in [7, 11) is -3.64. The molecule has 2 heterocycles. The van der Waals surface area contributed by atoms with Gasteiger partial charge in [-0.05, 0) is 47.0 Å². The molecule has 1 saturated carbocycles. The molecule has 3 rings (SSSR count).